The Morgan fingerprint density at radius 1 is 1.18 bits per heavy atom. The van der Waals surface area contributed by atoms with Crippen LogP contribution in [0.25, 0.3) is 0 Å². The number of aryl methyl sites for hydroxylation is 1. The van der Waals surface area contributed by atoms with E-state index in [1.165, 1.54) is 6.07 Å². The van der Waals surface area contributed by atoms with Crippen LogP contribution in [0.4, 0.5) is 21.5 Å². The standard InChI is InChI=1S/C25H30FN3O4/c1-16-14-29(15-17(2)33-16)23-9-6-19(13-21(23)26)27-24(30)4-3-11-32-20-7-8-22-18(12-20)5-10-25(31)28-22/h6-9,12-13,16-17H,3-5,10-11,14-15H2,1-2H3,(H,27,30)(H,28,31). The van der Waals surface area contributed by atoms with Crippen LogP contribution in [0.1, 0.15) is 38.7 Å². The highest BCUT2D eigenvalue weighted by Crippen LogP contribution is 2.28. The van der Waals surface area contributed by atoms with Gasteiger partial charge in [0.1, 0.15) is 11.6 Å². The minimum Gasteiger partial charge on any atom is -0.494 e. The second-order valence-corrected chi connectivity index (χ2v) is 8.70. The Balaban J connectivity index is 1.23. The molecule has 2 N–H and O–H groups in total. The van der Waals surface area contributed by atoms with E-state index in [1.54, 1.807) is 12.1 Å². The summed E-state index contributed by atoms with van der Waals surface area (Å²) in [7, 11) is 0. The lowest BCUT2D eigenvalue weighted by Gasteiger charge is -2.37. The van der Waals surface area contributed by atoms with E-state index in [0.29, 0.717) is 50.3 Å². The van der Waals surface area contributed by atoms with Crippen LogP contribution >= 0.6 is 0 Å². The molecule has 0 bridgehead atoms. The molecule has 0 spiro atoms. The fraction of sp³-hybridized carbons (Fsp3) is 0.440. The highest BCUT2D eigenvalue weighted by atomic mass is 19.1. The predicted octanol–water partition coefficient (Wildman–Crippen LogP) is 4.12. The molecule has 2 amide bonds. The number of nitrogens with zero attached hydrogens (tertiary/aromatic N) is 1. The fourth-order valence-corrected chi connectivity index (χ4v) is 4.31. The number of anilines is 3. The zero-order valence-electron chi connectivity index (χ0n) is 19.0. The van der Waals surface area contributed by atoms with Gasteiger partial charge in [0.2, 0.25) is 11.8 Å². The van der Waals surface area contributed by atoms with Gasteiger partial charge >= 0.3 is 0 Å². The first kappa shape index (κ1) is 23.0. The van der Waals surface area contributed by atoms with Gasteiger partial charge < -0.3 is 25.0 Å². The number of carbonyl (C=O) groups excluding carboxylic acids is 2. The van der Waals surface area contributed by atoms with E-state index in [4.69, 9.17) is 9.47 Å². The number of hydrogen-bond acceptors (Lipinski definition) is 5. The third kappa shape index (κ3) is 6.01. The van der Waals surface area contributed by atoms with Gasteiger partial charge in [-0.05, 0) is 68.7 Å². The summed E-state index contributed by atoms with van der Waals surface area (Å²) >= 11 is 0. The molecule has 8 heteroatoms. The molecule has 1 saturated heterocycles. The summed E-state index contributed by atoms with van der Waals surface area (Å²) in [6.07, 6.45) is 2.05. The van der Waals surface area contributed by atoms with E-state index in [0.717, 1.165) is 17.0 Å². The van der Waals surface area contributed by atoms with Crippen molar-refractivity contribution >= 4 is 28.9 Å². The topological polar surface area (TPSA) is 79.9 Å². The van der Waals surface area contributed by atoms with Crippen LogP contribution in [0.15, 0.2) is 36.4 Å². The Kier molecular flexibility index (Phi) is 7.13. The van der Waals surface area contributed by atoms with Gasteiger partial charge in [0.05, 0.1) is 24.5 Å². The first-order valence-electron chi connectivity index (χ1n) is 11.4. The van der Waals surface area contributed by atoms with E-state index in [-0.39, 0.29) is 36.3 Å². The minimum atomic E-state index is -0.360. The van der Waals surface area contributed by atoms with Crippen LogP contribution in [0.2, 0.25) is 0 Å². The van der Waals surface area contributed by atoms with E-state index >= 15 is 0 Å². The van der Waals surface area contributed by atoms with Gasteiger partial charge in [0.15, 0.2) is 0 Å². The number of nitrogens with one attached hydrogen (secondary N) is 2. The largest absolute Gasteiger partial charge is 0.494 e. The number of morpholine rings is 1. The zero-order valence-corrected chi connectivity index (χ0v) is 19.0. The Morgan fingerprint density at radius 3 is 2.73 bits per heavy atom. The summed E-state index contributed by atoms with van der Waals surface area (Å²) in [5, 5.41) is 5.60. The van der Waals surface area contributed by atoms with Crippen molar-refractivity contribution in [3.05, 3.63) is 47.8 Å². The van der Waals surface area contributed by atoms with Crippen molar-refractivity contribution in [1.29, 1.82) is 0 Å². The number of halogens is 1. The lowest BCUT2D eigenvalue weighted by atomic mass is 10.0. The molecule has 0 radical (unpaired) electrons. The lowest BCUT2D eigenvalue weighted by Crippen LogP contribution is -2.45. The number of fused-ring (bicyclic) bond motifs is 1. The van der Waals surface area contributed by atoms with Crippen LogP contribution in [0.5, 0.6) is 5.75 Å². The van der Waals surface area contributed by atoms with Crippen molar-refractivity contribution in [2.45, 2.75) is 51.7 Å². The Bertz CT molecular complexity index is 1020. The summed E-state index contributed by atoms with van der Waals surface area (Å²) in [5.41, 5.74) is 2.84. The van der Waals surface area contributed by atoms with Crippen LogP contribution < -0.4 is 20.3 Å². The number of ether oxygens (including phenoxy) is 2. The molecule has 2 unspecified atom stereocenters. The molecule has 0 saturated carbocycles. The molecule has 2 atom stereocenters. The molecule has 2 aromatic rings. The second-order valence-electron chi connectivity index (χ2n) is 8.70. The van der Waals surface area contributed by atoms with Gasteiger partial charge in [-0.1, -0.05) is 0 Å². The molecular formula is C25H30FN3O4. The smallest absolute Gasteiger partial charge is 0.224 e. The molecule has 0 aromatic heterocycles. The van der Waals surface area contributed by atoms with Crippen LogP contribution in [-0.4, -0.2) is 43.7 Å². The van der Waals surface area contributed by atoms with Crippen molar-refractivity contribution in [2.75, 3.05) is 35.2 Å². The molecule has 2 aliphatic heterocycles. The Morgan fingerprint density at radius 2 is 1.97 bits per heavy atom. The minimum absolute atomic E-state index is 0.0296. The highest BCUT2D eigenvalue weighted by Gasteiger charge is 2.24. The molecule has 2 aromatic carbocycles. The Hall–Kier alpha value is -3.13. The third-order valence-corrected chi connectivity index (χ3v) is 5.78. The van der Waals surface area contributed by atoms with E-state index in [1.807, 2.05) is 36.9 Å². The SMILES string of the molecule is CC1CN(c2ccc(NC(=O)CCCOc3ccc4c(c3)CCC(=O)N4)cc2F)CC(C)O1. The summed E-state index contributed by atoms with van der Waals surface area (Å²) in [4.78, 5) is 25.7. The third-order valence-electron chi connectivity index (χ3n) is 5.78. The van der Waals surface area contributed by atoms with E-state index in [9.17, 15) is 14.0 Å². The summed E-state index contributed by atoms with van der Waals surface area (Å²) in [6, 6.07) is 10.4. The van der Waals surface area contributed by atoms with E-state index in [2.05, 4.69) is 10.6 Å². The molecule has 2 heterocycles. The maximum Gasteiger partial charge on any atom is 0.224 e. The first-order valence-corrected chi connectivity index (χ1v) is 11.4. The molecule has 4 rings (SSSR count). The maximum absolute atomic E-state index is 14.7. The highest BCUT2D eigenvalue weighted by molar-refractivity contribution is 5.94. The second kappa shape index (κ2) is 10.2. The first-order chi connectivity index (χ1) is 15.9. The van der Waals surface area contributed by atoms with Gasteiger partial charge in [-0.3, -0.25) is 9.59 Å². The maximum atomic E-state index is 14.7. The van der Waals surface area contributed by atoms with Gasteiger partial charge in [-0.2, -0.15) is 0 Å². The predicted molar refractivity (Wildman–Crippen MR) is 125 cm³/mol. The average Bonchev–Trinajstić information content (AvgIpc) is 2.76. The van der Waals surface area contributed by atoms with Crippen molar-refractivity contribution in [3.8, 4) is 5.75 Å². The Labute approximate surface area is 193 Å². The van der Waals surface area contributed by atoms with Crippen molar-refractivity contribution in [3.63, 3.8) is 0 Å². The van der Waals surface area contributed by atoms with Crippen molar-refractivity contribution in [1.82, 2.24) is 0 Å². The lowest BCUT2D eigenvalue weighted by molar-refractivity contribution is -0.117. The average molecular weight is 456 g/mol. The van der Waals surface area contributed by atoms with E-state index < -0.39 is 0 Å². The molecule has 7 nitrogen and oxygen atoms in total. The number of benzene rings is 2. The molecule has 176 valence electrons. The van der Waals surface area contributed by atoms with Crippen molar-refractivity contribution in [2.24, 2.45) is 0 Å². The molecular weight excluding hydrogens is 425 g/mol. The monoisotopic (exact) mass is 455 g/mol. The number of amides is 2. The fourth-order valence-electron chi connectivity index (χ4n) is 4.31. The zero-order chi connectivity index (χ0) is 23.4. The quantitative estimate of drug-likeness (QED) is 0.614. The van der Waals surface area contributed by atoms with Gasteiger partial charge in [-0.15, -0.1) is 0 Å². The normalized spacial score (nSPS) is 20.1. The van der Waals surface area contributed by atoms with Gasteiger partial charge in [0, 0.05) is 37.3 Å². The molecule has 0 aliphatic carbocycles. The summed E-state index contributed by atoms with van der Waals surface area (Å²) in [5.74, 6) is 0.199. The van der Waals surface area contributed by atoms with Crippen LogP contribution in [0.3, 0.4) is 0 Å². The molecule has 33 heavy (non-hydrogen) atoms. The van der Waals surface area contributed by atoms with Crippen LogP contribution in [-0.2, 0) is 20.7 Å². The summed E-state index contributed by atoms with van der Waals surface area (Å²) in [6.45, 7) is 5.60. The molecule has 2 aliphatic rings. The van der Waals surface area contributed by atoms with Gasteiger partial charge in [-0.25, -0.2) is 4.39 Å². The number of rotatable bonds is 7. The molecule has 1 fully saturated rings. The summed E-state index contributed by atoms with van der Waals surface area (Å²) < 4.78 is 26.2. The number of hydrogen-bond donors (Lipinski definition) is 2. The van der Waals surface area contributed by atoms with Crippen molar-refractivity contribution < 1.29 is 23.5 Å². The number of carbonyl (C=O) groups is 2. The van der Waals surface area contributed by atoms with Crippen LogP contribution in [0, 0.1) is 5.82 Å². The van der Waals surface area contributed by atoms with Gasteiger partial charge in [0.25, 0.3) is 0 Å².